The van der Waals surface area contributed by atoms with Crippen molar-refractivity contribution >= 4 is 0 Å². The van der Waals surface area contributed by atoms with Crippen LogP contribution in [0, 0.1) is 0 Å². The van der Waals surface area contributed by atoms with Crippen molar-refractivity contribution in [3.63, 3.8) is 0 Å². The van der Waals surface area contributed by atoms with Gasteiger partial charge in [0.05, 0.1) is 5.60 Å². The summed E-state index contributed by atoms with van der Waals surface area (Å²) in [6.45, 7) is 12.0. The van der Waals surface area contributed by atoms with Gasteiger partial charge in [0.25, 0.3) is 0 Å². The molecule has 2 rings (SSSR count). The normalized spacial score (nSPS) is 25.4. The summed E-state index contributed by atoms with van der Waals surface area (Å²) < 4.78 is 5.88. The fourth-order valence-corrected chi connectivity index (χ4v) is 2.60. The lowest BCUT2D eigenvalue weighted by molar-refractivity contribution is -0.0482. The average molecular weight is 213 g/mol. The fourth-order valence-electron chi connectivity index (χ4n) is 2.60. The fraction of sp³-hybridized carbons (Fsp3) is 1.00. The van der Waals surface area contributed by atoms with Crippen LogP contribution in [0.25, 0.3) is 0 Å². The molecule has 0 saturated carbocycles. The van der Waals surface area contributed by atoms with Crippen LogP contribution in [0.5, 0.6) is 0 Å². The van der Waals surface area contributed by atoms with Gasteiger partial charge in [0.15, 0.2) is 0 Å². The van der Waals surface area contributed by atoms with Gasteiger partial charge >= 0.3 is 0 Å². The summed E-state index contributed by atoms with van der Waals surface area (Å²) >= 11 is 0. The molecule has 0 aromatic carbocycles. The summed E-state index contributed by atoms with van der Waals surface area (Å²) in [5.74, 6) is 0. The summed E-state index contributed by atoms with van der Waals surface area (Å²) in [6, 6.07) is 0.707. The van der Waals surface area contributed by atoms with Crippen LogP contribution in [0.15, 0.2) is 0 Å². The summed E-state index contributed by atoms with van der Waals surface area (Å²) in [7, 11) is 0. The van der Waals surface area contributed by atoms with Crippen LogP contribution in [0.1, 0.15) is 53.4 Å². The van der Waals surface area contributed by atoms with E-state index in [1.54, 1.807) is 0 Å². The standard InChI is InChI=1S/C11H21NO.C2H6/c1-10(2)12-7-5-11(6-8-12)4-3-9-13-11;1-2/h10H,3-9H2,1-2H3;1-2H3. The minimum absolute atomic E-state index is 0.297. The number of hydrogen-bond acceptors (Lipinski definition) is 2. The van der Waals surface area contributed by atoms with Crippen LogP contribution in [-0.4, -0.2) is 36.2 Å². The Labute approximate surface area is 95.0 Å². The van der Waals surface area contributed by atoms with Crippen molar-refractivity contribution < 1.29 is 4.74 Å². The molecule has 0 bridgehead atoms. The zero-order chi connectivity index (χ0) is 11.3. The van der Waals surface area contributed by atoms with Gasteiger partial charge in [0, 0.05) is 25.7 Å². The van der Waals surface area contributed by atoms with E-state index in [1.165, 1.54) is 38.8 Å². The smallest absolute Gasteiger partial charge is 0.0707 e. The quantitative estimate of drug-likeness (QED) is 0.664. The summed E-state index contributed by atoms with van der Waals surface area (Å²) in [5, 5.41) is 0. The van der Waals surface area contributed by atoms with Gasteiger partial charge in [-0.25, -0.2) is 0 Å². The van der Waals surface area contributed by atoms with E-state index in [0.717, 1.165) is 6.61 Å². The topological polar surface area (TPSA) is 12.5 Å². The molecule has 0 unspecified atom stereocenters. The van der Waals surface area contributed by atoms with Crippen molar-refractivity contribution in [2.75, 3.05) is 19.7 Å². The molecule has 0 amide bonds. The highest BCUT2D eigenvalue weighted by molar-refractivity contribution is 4.91. The molecular weight excluding hydrogens is 186 g/mol. The zero-order valence-electron chi connectivity index (χ0n) is 10.9. The lowest BCUT2D eigenvalue weighted by Gasteiger charge is -2.40. The Morgan fingerprint density at radius 2 is 1.67 bits per heavy atom. The van der Waals surface area contributed by atoms with Crippen LogP contribution >= 0.6 is 0 Å². The molecule has 0 N–H and O–H groups in total. The van der Waals surface area contributed by atoms with E-state index in [-0.39, 0.29) is 0 Å². The maximum absolute atomic E-state index is 5.88. The lowest BCUT2D eigenvalue weighted by atomic mass is 9.88. The minimum Gasteiger partial charge on any atom is -0.375 e. The predicted molar refractivity (Wildman–Crippen MR) is 65.2 cm³/mol. The molecule has 0 radical (unpaired) electrons. The molecule has 0 aromatic rings. The van der Waals surface area contributed by atoms with Crippen molar-refractivity contribution in [3.8, 4) is 0 Å². The SMILES string of the molecule is CC.CC(C)N1CCC2(CCCO2)CC1. The third kappa shape index (κ3) is 3.18. The van der Waals surface area contributed by atoms with Crippen molar-refractivity contribution in [3.05, 3.63) is 0 Å². The lowest BCUT2D eigenvalue weighted by Crippen LogP contribution is -2.46. The number of hydrogen-bond donors (Lipinski definition) is 0. The van der Waals surface area contributed by atoms with Crippen LogP contribution < -0.4 is 0 Å². The Hall–Kier alpha value is -0.0800. The Morgan fingerprint density at radius 3 is 2.07 bits per heavy atom. The Morgan fingerprint density at radius 1 is 1.07 bits per heavy atom. The van der Waals surface area contributed by atoms with Crippen LogP contribution in [0.3, 0.4) is 0 Å². The van der Waals surface area contributed by atoms with E-state index >= 15 is 0 Å². The predicted octanol–water partition coefficient (Wildman–Crippen LogP) is 3.07. The van der Waals surface area contributed by atoms with E-state index in [4.69, 9.17) is 4.74 Å². The number of rotatable bonds is 1. The third-order valence-electron chi connectivity index (χ3n) is 3.62. The Balaban J connectivity index is 0.000000531. The molecule has 2 nitrogen and oxygen atoms in total. The third-order valence-corrected chi connectivity index (χ3v) is 3.62. The van der Waals surface area contributed by atoms with Crippen molar-refractivity contribution in [1.29, 1.82) is 0 Å². The molecule has 2 aliphatic heterocycles. The highest BCUT2D eigenvalue weighted by atomic mass is 16.5. The molecule has 15 heavy (non-hydrogen) atoms. The summed E-state index contributed by atoms with van der Waals surface area (Å²) in [4.78, 5) is 2.56. The first-order valence-corrected chi connectivity index (χ1v) is 6.60. The molecule has 90 valence electrons. The first-order valence-electron chi connectivity index (χ1n) is 6.60. The molecule has 2 aliphatic rings. The number of likely N-dealkylation sites (tertiary alicyclic amines) is 1. The molecule has 0 aromatic heterocycles. The molecule has 2 saturated heterocycles. The second kappa shape index (κ2) is 5.86. The second-order valence-electron chi connectivity index (χ2n) is 4.76. The Kier molecular flexibility index (Phi) is 5.07. The average Bonchev–Trinajstić information content (AvgIpc) is 2.70. The van der Waals surface area contributed by atoms with Gasteiger partial charge in [-0.15, -0.1) is 0 Å². The van der Waals surface area contributed by atoms with Gasteiger partial charge in [-0.05, 0) is 39.5 Å². The maximum atomic E-state index is 5.88. The Bertz CT molecular complexity index is 163. The zero-order valence-corrected chi connectivity index (χ0v) is 10.9. The summed E-state index contributed by atoms with van der Waals surface area (Å²) in [5.41, 5.74) is 0.297. The van der Waals surface area contributed by atoms with E-state index in [9.17, 15) is 0 Å². The van der Waals surface area contributed by atoms with Crippen LogP contribution in [0.2, 0.25) is 0 Å². The van der Waals surface area contributed by atoms with Crippen molar-refractivity contribution in [2.45, 2.75) is 65.0 Å². The van der Waals surface area contributed by atoms with E-state index in [1.807, 2.05) is 13.8 Å². The minimum atomic E-state index is 0.297. The second-order valence-corrected chi connectivity index (χ2v) is 4.76. The highest BCUT2D eigenvalue weighted by Gasteiger charge is 2.38. The number of ether oxygens (including phenoxy) is 1. The first-order chi connectivity index (χ1) is 7.22. The highest BCUT2D eigenvalue weighted by Crippen LogP contribution is 2.35. The van der Waals surface area contributed by atoms with Gasteiger partial charge in [-0.3, -0.25) is 0 Å². The molecular formula is C13H27NO. The van der Waals surface area contributed by atoms with Crippen LogP contribution in [-0.2, 0) is 4.74 Å². The van der Waals surface area contributed by atoms with Crippen LogP contribution in [0.4, 0.5) is 0 Å². The van der Waals surface area contributed by atoms with Gasteiger partial charge in [0.2, 0.25) is 0 Å². The molecule has 2 fully saturated rings. The van der Waals surface area contributed by atoms with Gasteiger partial charge in [0.1, 0.15) is 0 Å². The van der Waals surface area contributed by atoms with E-state index in [0.29, 0.717) is 11.6 Å². The molecule has 0 aliphatic carbocycles. The molecule has 2 heteroatoms. The summed E-state index contributed by atoms with van der Waals surface area (Å²) in [6.07, 6.45) is 5.09. The molecule has 2 heterocycles. The number of piperidine rings is 1. The van der Waals surface area contributed by atoms with Gasteiger partial charge in [-0.2, -0.15) is 0 Å². The molecule has 1 spiro atoms. The van der Waals surface area contributed by atoms with Crippen molar-refractivity contribution in [1.82, 2.24) is 4.90 Å². The van der Waals surface area contributed by atoms with Gasteiger partial charge < -0.3 is 9.64 Å². The molecule has 0 atom stereocenters. The largest absolute Gasteiger partial charge is 0.375 e. The van der Waals surface area contributed by atoms with E-state index < -0.39 is 0 Å². The van der Waals surface area contributed by atoms with Crippen molar-refractivity contribution in [2.24, 2.45) is 0 Å². The monoisotopic (exact) mass is 213 g/mol. The van der Waals surface area contributed by atoms with Gasteiger partial charge in [-0.1, -0.05) is 13.8 Å². The first kappa shape index (κ1) is 13.0. The van der Waals surface area contributed by atoms with E-state index in [2.05, 4.69) is 18.7 Å². The maximum Gasteiger partial charge on any atom is 0.0707 e. The number of nitrogens with zero attached hydrogens (tertiary/aromatic N) is 1.